The van der Waals surface area contributed by atoms with Crippen LogP contribution in [-0.4, -0.2) is 90.5 Å². The van der Waals surface area contributed by atoms with E-state index in [1.54, 1.807) is 0 Å². The molecule has 4 aliphatic rings. The van der Waals surface area contributed by atoms with Crippen LogP contribution in [0.4, 0.5) is 16.8 Å². The summed E-state index contributed by atoms with van der Waals surface area (Å²) >= 11 is 1.45. The molecule has 1 unspecified atom stereocenters. The molecule has 10 nitrogen and oxygen atoms in total. The van der Waals surface area contributed by atoms with E-state index in [0.29, 0.717) is 46.3 Å². The van der Waals surface area contributed by atoms with Gasteiger partial charge in [0.1, 0.15) is 16.9 Å². The van der Waals surface area contributed by atoms with Crippen molar-refractivity contribution in [2.45, 2.75) is 82.7 Å². The Morgan fingerprint density at radius 3 is 2.70 bits per heavy atom. The first-order valence-electron chi connectivity index (χ1n) is 16.3. The van der Waals surface area contributed by atoms with Crippen molar-refractivity contribution in [3.05, 3.63) is 33.3 Å². The maximum absolute atomic E-state index is 14.4. The third-order valence-electron chi connectivity index (χ3n) is 10.3. The number of hydrogen-bond donors (Lipinski definition) is 2. The topological polar surface area (TPSA) is 132 Å². The first-order valence-corrected chi connectivity index (χ1v) is 17.1. The van der Waals surface area contributed by atoms with E-state index in [1.165, 1.54) is 24.2 Å². The van der Waals surface area contributed by atoms with Gasteiger partial charge in [-0.3, -0.25) is 9.69 Å². The number of nitrogens with two attached hydrogens (primary N) is 2. The van der Waals surface area contributed by atoms with E-state index in [1.807, 2.05) is 6.07 Å². The molecule has 0 amide bonds. The second-order valence-corrected chi connectivity index (χ2v) is 14.5. The Hall–Kier alpha value is -3.20. The third kappa shape index (κ3) is 5.68. The molecule has 2 saturated heterocycles. The lowest BCUT2D eigenvalue weighted by atomic mass is 9.79. The van der Waals surface area contributed by atoms with E-state index in [9.17, 15) is 10.1 Å². The summed E-state index contributed by atoms with van der Waals surface area (Å²) in [7, 11) is 4.40. The molecule has 2 aliphatic carbocycles. The highest BCUT2D eigenvalue weighted by molar-refractivity contribution is 7.16. The average Bonchev–Trinajstić information content (AvgIpc) is 3.74. The molecule has 1 saturated carbocycles. The zero-order chi connectivity index (χ0) is 31.2. The number of aromatic nitrogens is 2. The van der Waals surface area contributed by atoms with E-state index < -0.39 is 5.92 Å². The number of nitrogens with zero attached hydrogens (tertiary/aromatic N) is 7. The second-order valence-electron chi connectivity index (χ2n) is 13.4. The van der Waals surface area contributed by atoms with Crippen LogP contribution in [0.2, 0.25) is 0 Å². The number of Topliss-reactive ketones (excluding diaryl/α,β-unsaturated/α-hetero) is 1. The van der Waals surface area contributed by atoms with E-state index in [0.717, 1.165) is 81.2 Å². The van der Waals surface area contributed by atoms with Crippen molar-refractivity contribution < 1.29 is 4.79 Å². The predicted molar refractivity (Wildman–Crippen MR) is 178 cm³/mol. The lowest BCUT2D eigenvalue weighted by molar-refractivity contribution is -0.117. The van der Waals surface area contributed by atoms with E-state index >= 15 is 0 Å². The first kappa shape index (κ1) is 30.8. The molecule has 236 valence electrons. The maximum Gasteiger partial charge on any atom is 0.228 e. The largest absolute Gasteiger partial charge is 0.397 e. The van der Waals surface area contributed by atoms with Gasteiger partial charge in [-0.05, 0) is 78.1 Å². The Labute approximate surface area is 265 Å². The Morgan fingerprint density at radius 2 is 1.98 bits per heavy atom. The molecule has 0 bridgehead atoms. The van der Waals surface area contributed by atoms with Gasteiger partial charge in [-0.25, -0.2) is 4.98 Å². The number of nitrogen functional groups attached to an aromatic ring is 1. The van der Waals surface area contributed by atoms with Gasteiger partial charge < -0.3 is 26.2 Å². The number of piperazine rings is 1. The fourth-order valence-corrected chi connectivity index (χ4v) is 8.65. The Balaban J connectivity index is 1.43. The number of nitriles is 1. The van der Waals surface area contributed by atoms with Crippen LogP contribution in [-0.2, 0) is 11.2 Å². The minimum Gasteiger partial charge on any atom is -0.397 e. The summed E-state index contributed by atoms with van der Waals surface area (Å²) in [6.45, 7) is 9.94. The van der Waals surface area contributed by atoms with Gasteiger partial charge in [0.15, 0.2) is 5.78 Å². The van der Waals surface area contributed by atoms with Crippen molar-refractivity contribution in [1.29, 1.82) is 5.26 Å². The number of likely N-dealkylation sites (N-methyl/N-ethyl adjacent to an activating group) is 2. The van der Waals surface area contributed by atoms with Crippen LogP contribution >= 0.6 is 11.3 Å². The number of ketones is 1. The van der Waals surface area contributed by atoms with Crippen LogP contribution in [0.3, 0.4) is 0 Å². The normalized spacial score (nSPS) is 24.4. The number of allylic oxidation sites excluding steroid dienone is 1. The lowest BCUT2D eigenvalue weighted by Gasteiger charge is -2.41. The molecule has 2 atom stereocenters. The third-order valence-corrected chi connectivity index (χ3v) is 11.4. The minimum atomic E-state index is -0.406. The van der Waals surface area contributed by atoms with Gasteiger partial charge in [0, 0.05) is 66.7 Å². The number of carbonyl (C=O) groups is 1. The molecule has 2 aromatic heterocycles. The van der Waals surface area contributed by atoms with Crippen LogP contribution < -0.4 is 21.3 Å². The maximum atomic E-state index is 14.4. The summed E-state index contributed by atoms with van der Waals surface area (Å²) in [5.74, 6) is 1.17. The van der Waals surface area contributed by atoms with E-state index in [-0.39, 0.29) is 17.4 Å². The summed E-state index contributed by atoms with van der Waals surface area (Å²) in [5.41, 5.74) is 16.4. The Kier molecular flexibility index (Phi) is 8.61. The number of thiophene rings is 1. The molecule has 6 rings (SSSR count). The van der Waals surface area contributed by atoms with Gasteiger partial charge in [-0.15, -0.1) is 11.3 Å². The number of anilines is 3. The summed E-state index contributed by atoms with van der Waals surface area (Å²) in [5, 5.41) is 10.4. The molecule has 1 spiro atoms. The molecule has 0 radical (unpaired) electrons. The number of fused-ring (bicyclic) bond motifs is 1. The van der Waals surface area contributed by atoms with Gasteiger partial charge in [0.2, 0.25) is 5.95 Å². The molecule has 44 heavy (non-hydrogen) atoms. The molecule has 3 fully saturated rings. The van der Waals surface area contributed by atoms with Gasteiger partial charge in [0.25, 0.3) is 0 Å². The molecule has 0 aromatic carbocycles. The summed E-state index contributed by atoms with van der Waals surface area (Å²) < 4.78 is 0. The number of aryl methyl sites for hydroxylation is 1. The van der Waals surface area contributed by atoms with Crippen LogP contribution in [0.15, 0.2) is 11.6 Å². The molecular weight excluding hydrogens is 570 g/mol. The van der Waals surface area contributed by atoms with Crippen molar-refractivity contribution >= 4 is 39.6 Å². The SMILES string of the molecule is CCC/C(C(=O)[C@H]1CCCc2sc(N)c(C#N)c21)=C(/N)c1cc(N2CCN(C)C3(CC3)C2)nc(N2CCCN(C)CC2C)n1. The van der Waals surface area contributed by atoms with Crippen molar-refractivity contribution in [2.75, 3.05) is 68.9 Å². The monoisotopic (exact) mass is 617 g/mol. The fraction of sp³-hybridized carbons (Fsp3) is 0.636. The zero-order valence-corrected chi connectivity index (χ0v) is 27.5. The summed E-state index contributed by atoms with van der Waals surface area (Å²) in [6.07, 6.45) is 7.21. The van der Waals surface area contributed by atoms with Crippen LogP contribution in [0, 0.1) is 11.3 Å². The molecule has 4 heterocycles. The quantitative estimate of drug-likeness (QED) is 0.440. The molecule has 2 aromatic rings. The fourth-order valence-electron chi connectivity index (χ4n) is 7.52. The Bertz CT molecular complexity index is 1490. The highest BCUT2D eigenvalue weighted by atomic mass is 32.1. The zero-order valence-electron chi connectivity index (χ0n) is 26.7. The molecule has 4 N–H and O–H groups in total. The second kappa shape index (κ2) is 12.3. The standard InChI is InChI=1S/C33H47N9OS/c1-5-8-23(30(43)22-9-6-10-26-28(22)24(18-34)31(36)44-26)29(35)25-17-27(41-16-15-40(4)33(20-41)11-12-33)38-32(37-25)42-14-7-13-39(3)19-21(42)2/h17,21-22H,5-16,19-20,35-36H2,1-4H3/b29-23-/t21?,22-/m0/s1. The van der Waals surface area contributed by atoms with Crippen molar-refractivity contribution in [1.82, 2.24) is 19.8 Å². The number of hydrogen-bond acceptors (Lipinski definition) is 11. The van der Waals surface area contributed by atoms with Gasteiger partial charge in [0.05, 0.1) is 17.0 Å². The predicted octanol–water partition coefficient (Wildman–Crippen LogP) is 3.97. The number of rotatable bonds is 7. The molecule has 11 heteroatoms. The van der Waals surface area contributed by atoms with E-state index in [4.69, 9.17) is 21.4 Å². The minimum absolute atomic E-state index is 0.00242. The van der Waals surface area contributed by atoms with Gasteiger partial charge in [-0.1, -0.05) is 13.3 Å². The highest BCUT2D eigenvalue weighted by Crippen LogP contribution is 2.45. The first-order chi connectivity index (χ1) is 21.2. The van der Waals surface area contributed by atoms with Crippen LogP contribution in [0.25, 0.3) is 5.70 Å². The van der Waals surface area contributed by atoms with Crippen molar-refractivity contribution in [2.24, 2.45) is 5.73 Å². The summed E-state index contributed by atoms with van der Waals surface area (Å²) in [4.78, 5) is 35.3. The van der Waals surface area contributed by atoms with Gasteiger partial charge >= 0.3 is 0 Å². The van der Waals surface area contributed by atoms with Crippen LogP contribution in [0.5, 0.6) is 0 Å². The molecule has 2 aliphatic heterocycles. The van der Waals surface area contributed by atoms with Gasteiger partial charge in [-0.2, -0.15) is 10.2 Å². The summed E-state index contributed by atoms with van der Waals surface area (Å²) in [6, 6.07) is 4.53. The lowest BCUT2D eigenvalue weighted by Crippen LogP contribution is -2.53. The van der Waals surface area contributed by atoms with Crippen molar-refractivity contribution in [3.8, 4) is 6.07 Å². The van der Waals surface area contributed by atoms with E-state index in [2.05, 4.69) is 53.6 Å². The average molecular weight is 618 g/mol. The van der Waals surface area contributed by atoms with Crippen LogP contribution in [0.1, 0.15) is 86.4 Å². The smallest absolute Gasteiger partial charge is 0.228 e. The molecular formula is C33H47N9OS. The number of carbonyl (C=O) groups excluding carboxylic acids is 1. The van der Waals surface area contributed by atoms with Crippen molar-refractivity contribution in [3.63, 3.8) is 0 Å². The Morgan fingerprint density at radius 1 is 1.18 bits per heavy atom. The highest BCUT2D eigenvalue weighted by Gasteiger charge is 2.50.